The Morgan fingerprint density at radius 3 is 2.41 bits per heavy atom. The van der Waals surface area contributed by atoms with Crippen LogP contribution in [0, 0.1) is 6.92 Å². The molecule has 2 aromatic carbocycles. The van der Waals surface area contributed by atoms with Gasteiger partial charge < -0.3 is 20.3 Å². The molecular formula is C23H32N4O2. The summed E-state index contributed by atoms with van der Waals surface area (Å²) in [5.74, 6) is 1.63. The fourth-order valence-electron chi connectivity index (χ4n) is 2.71. The maximum absolute atomic E-state index is 12.0. The summed E-state index contributed by atoms with van der Waals surface area (Å²) in [7, 11) is 3.50. The van der Waals surface area contributed by atoms with Crippen molar-refractivity contribution in [3.8, 4) is 5.75 Å². The Hall–Kier alpha value is -3.02. The molecule has 2 N–H and O–H groups in total. The Morgan fingerprint density at radius 2 is 1.79 bits per heavy atom. The number of nitrogens with one attached hydrogen (secondary N) is 2. The SMILES string of the molecule is CCNC(=NCc1ccc(C(=O)N(C)C)cc1)NCC(C)Oc1ccccc1C. The van der Waals surface area contributed by atoms with Crippen LogP contribution in [0.4, 0.5) is 0 Å². The third-order valence-corrected chi connectivity index (χ3v) is 4.35. The number of carbonyl (C=O) groups excluding carboxylic acids is 1. The largest absolute Gasteiger partial charge is 0.489 e. The molecule has 6 heteroatoms. The minimum absolute atomic E-state index is 0.00213. The molecule has 0 radical (unpaired) electrons. The number of carbonyl (C=O) groups is 1. The molecule has 2 rings (SSSR count). The Morgan fingerprint density at radius 1 is 1.10 bits per heavy atom. The van der Waals surface area contributed by atoms with E-state index >= 15 is 0 Å². The van der Waals surface area contributed by atoms with Crippen LogP contribution in [-0.2, 0) is 6.54 Å². The van der Waals surface area contributed by atoms with Crippen LogP contribution in [0.3, 0.4) is 0 Å². The van der Waals surface area contributed by atoms with E-state index in [1.807, 2.05) is 69.3 Å². The van der Waals surface area contributed by atoms with Gasteiger partial charge in [0.25, 0.3) is 5.91 Å². The van der Waals surface area contributed by atoms with E-state index in [9.17, 15) is 4.79 Å². The van der Waals surface area contributed by atoms with Crippen molar-refractivity contribution in [3.05, 3.63) is 65.2 Å². The Kier molecular flexibility index (Phi) is 8.52. The summed E-state index contributed by atoms with van der Waals surface area (Å²) < 4.78 is 6.01. The molecule has 0 bridgehead atoms. The van der Waals surface area contributed by atoms with E-state index in [-0.39, 0.29) is 12.0 Å². The smallest absolute Gasteiger partial charge is 0.253 e. The van der Waals surface area contributed by atoms with Crippen molar-refractivity contribution in [2.75, 3.05) is 27.2 Å². The molecular weight excluding hydrogens is 364 g/mol. The summed E-state index contributed by atoms with van der Waals surface area (Å²) in [6.45, 7) is 8.04. The van der Waals surface area contributed by atoms with E-state index in [1.54, 1.807) is 19.0 Å². The van der Waals surface area contributed by atoms with Crippen LogP contribution < -0.4 is 15.4 Å². The van der Waals surface area contributed by atoms with Crippen molar-refractivity contribution in [1.29, 1.82) is 0 Å². The second-order valence-corrected chi connectivity index (χ2v) is 7.17. The van der Waals surface area contributed by atoms with Crippen molar-refractivity contribution in [2.45, 2.75) is 33.4 Å². The molecule has 0 aromatic heterocycles. The highest BCUT2D eigenvalue weighted by molar-refractivity contribution is 5.93. The zero-order valence-corrected chi connectivity index (χ0v) is 18.0. The molecule has 0 saturated carbocycles. The molecule has 2 aromatic rings. The number of nitrogens with zero attached hydrogens (tertiary/aromatic N) is 2. The molecule has 0 aliphatic heterocycles. The van der Waals surface area contributed by atoms with Gasteiger partial charge in [0.05, 0.1) is 13.1 Å². The van der Waals surface area contributed by atoms with Gasteiger partial charge in [-0.3, -0.25) is 4.79 Å². The number of ether oxygens (including phenoxy) is 1. The van der Waals surface area contributed by atoms with Crippen molar-refractivity contribution in [2.24, 2.45) is 4.99 Å². The van der Waals surface area contributed by atoms with Gasteiger partial charge in [0.2, 0.25) is 0 Å². The molecule has 0 spiro atoms. The monoisotopic (exact) mass is 396 g/mol. The average molecular weight is 397 g/mol. The molecule has 0 aliphatic rings. The number of hydrogen-bond acceptors (Lipinski definition) is 3. The first kappa shape index (κ1) is 22.3. The lowest BCUT2D eigenvalue weighted by atomic mass is 10.1. The summed E-state index contributed by atoms with van der Waals surface area (Å²) in [5, 5.41) is 6.58. The van der Waals surface area contributed by atoms with Crippen LogP contribution >= 0.6 is 0 Å². The predicted molar refractivity (Wildman–Crippen MR) is 119 cm³/mol. The van der Waals surface area contributed by atoms with Crippen LogP contribution in [0.25, 0.3) is 0 Å². The maximum atomic E-state index is 12.0. The molecule has 1 unspecified atom stereocenters. The summed E-state index contributed by atoms with van der Waals surface area (Å²) in [6.07, 6.45) is -0.00344. The summed E-state index contributed by atoms with van der Waals surface area (Å²) in [6, 6.07) is 15.6. The molecule has 156 valence electrons. The van der Waals surface area contributed by atoms with Crippen LogP contribution in [-0.4, -0.2) is 50.1 Å². The van der Waals surface area contributed by atoms with Gasteiger partial charge in [-0.1, -0.05) is 30.3 Å². The number of aryl methyl sites for hydroxylation is 1. The van der Waals surface area contributed by atoms with Crippen molar-refractivity contribution in [1.82, 2.24) is 15.5 Å². The van der Waals surface area contributed by atoms with Crippen LogP contribution in [0.1, 0.15) is 35.3 Å². The second-order valence-electron chi connectivity index (χ2n) is 7.17. The Labute approximate surface area is 174 Å². The number of benzene rings is 2. The molecule has 0 saturated heterocycles. The molecule has 0 aliphatic carbocycles. The lowest BCUT2D eigenvalue weighted by Gasteiger charge is -2.18. The second kappa shape index (κ2) is 11.1. The molecule has 29 heavy (non-hydrogen) atoms. The number of para-hydroxylation sites is 1. The number of aliphatic imine (C=N–C) groups is 1. The first-order valence-electron chi connectivity index (χ1n) is 9.95. The quantitative estimate of drug-likeness (QED) is 0.531. The minimum atomic E-state index is -0.00344. The third kappa shape index (κ3) is 7.14. The van der Waals surface area contributed by atoms with E-state index in [4.69, 9.17) is 4.74 Å². The summed E-state index contributed by atoms with van der Waals surface area (Å²) >= 11 is 0. The van der Waals surface area contributed by atoms with Gasteiger partial charge in [0, 0.05) is 26.2 Å². The first-order valence-corrected chi connectivity index (χ1v) is 9.95. The number of amides is 1. The molecule has 1 amide bonds. The molecule has 0 heterocycles. The number of rotatable bonds is 8. The fourth-order valence-corrected chi connectivity index (χ4v) is 2.71. The first-order chi connectivity index (χ1) is 13.9. The van der Waals surface area contributed by atoms with E-state index in [1.165, 1.54) is 0 Å². The van der Waals surface area contributed by atoms with E-state index < -0.39 is 0 Å². The Balaban J connectivity index is 1.92. The highest BCUT2D eigenvalue weighted by atomic mass is 16.5. The topological polar surface area (TPSA) is 66.0 Å². The van der Waals surface area contributed by atoms with Gasteiger partial charge in [0.1, 0.15) is 11.9 Å². The van der Waals surface area contributed by atoms with Gasteiger partial charge >= 0.3 is 0 Å². The normalized spacial score (nSPS) is 12.2. The lowest BCUT2D eigenvalue weighted by molar-refractivity contribution is 0.0827. The molecule has 6 nitrogen and oxygen atoms in total. The Bertz CT molecular complexity index is 816. The zero-order chi connectivity index (χ0) is 21.2. The standard InChI is InChI=1S/C23H32N4O2/c1-6-24-23(25-15-18(3)29-21-10-8-7-9-17(21)2)26-16-19-11-13-20(14-12-19)22(28)27(4)5/h7-14,18H,6,15-16H2,1-5H3,(H2,24,25,26). The number of guanidine groups is 1. The predicted octanol–water partition coefficient (Wildman–Crippen LogP) is 3.22. The van der Waals surface area contributed by atoms with E-state index in [0.717, 1.165) is 29.4 Å². The third-order valence-electron chi connectivity index (χ3n) is 4.35. The molecule has 1 atom stereocenters. The van der Waals surface area contributed by atoms with Gasteiger partial charge in [-0.15, -0.1) is 0 Å². The van der Waals surface area contributed by atoms with Crippen molar-refractivity contribution < 1.29 is 9.53 Å². The molecule has 0 fully saturated rings. The van der Waals surface area contributed by atoms with Crippen LogP contribution in [0.15, 0.2) is 53.5 Å². The van der Waals surface area contributed by atoms with Gasteiger partial charge in [-0.25, -0.2) is 4.99 Å². The fraction of sp³-hybridized carbons (Fsp3) is 0.391. The van der Waals surface area contributed by atoms with Crippen LogP contribution in [0.5, 0.6) is 5.75 Å². The van der Waals surface area contributed by atoms with Gasteiger partial charge in [-0.05, 0) is 50.1 Å². The van der Waals surface area contributed by atoms with E-state index in [0.29, 0.717) is 18.7 Å². The van der Waals surface area contributed by atoms with Crippen molar-refractivity contribution in [3.63, 3.8) is 0 Å². The van der Waals surface area contributed by atoms with Gasteiger partial charge in [-0.2, -0.15) is 0 Å². The summed E-state index contributed by atoms with van der Waals surface area (Å²) in [5.41, 5.74) is 2.84. The minimum Gasteiger partial charge on any atom is -0.489 e. The van der Waals surface area contributed by atoms with Crippen LogP contribution in [0.2, 0.25) is 0 Å². The maximum Gasteiger partial charge on any atom is 0.253 e. The van der Waals surface area contributed by atoms with Crippen molar-refractivity contribution >= 4 is 11.9 Å². The van der Waals surface area contributed by atoms with E-state index in [2.05, 4.69) is 15.6 Å². The lowest BCUT2D eigenvalue weighted by Crippen LogP contribution is -2.41. The van der Waals surface area contributed by atoms with Gasteiger partial charge in [0.15, 0.2) is 5.96 Å². The highest BCUT2D eigenvalue weighted by Gasteiger charge is 2.09. The average Bonchev–Trinajstić information content (AvgIpc) is 2.71. The highest BCUT2D eigenvalue weighted by Crippen LogP contribution is 2.17. The zero-order valence-electron chi connectivity index (χ0n) is 18.0. The summed E-state index contributed by atoms with van der Waals surface area (Å²) in [4.78, 5) is 18.2. The number of hydrogen-bond donors (Lipinski definition) is 2.